The maximum absolute atomic E-state index is 10.8. The summed E-state index contributed by atoms with van der Waals surface area (Å²) in [5.41, 5.74) is 0.653. The smallest absolute Gasteiger partial charge is 0.271 e. The van der Waals surface area contributed by atoms with Crippen LogP contribution in [0.3, 0.4) is 0 Å². The van der Waals surface area contributed by atoms with Crippen LogP contribution in [0.5, 0.6) is 11.5 Å². The van der Waals surface area contributed by atoms with Gasteiger partial charge < -0.3 is 14.0 Å². The summed E-state index contributed by atoms with van der Waals surface area (Å²) in [7, 11) is 0. The highest BCUT2D eigenvalue weighted by Crippen LogP contribution is 2.31. The van der Waals surface area contributed by atoms with E-state index < -0.39 is 4.92 Å². The molecule has 0 spiro atoms. The molecule has 0 bridgehead atoms. The molecule has 9 heteroatoms. The van der Waals surface area contributed by atoms with E-state index in [1.165, 1.54) is 18.2 Å². The highest BCUT2D eigenvalue weighted by atomic mass is 16.6. The number of nitrogens with zero attached hydrogens (tertiary/aromatic N) is 4. The molecule has 28 heavy (non-hydrogen) atoms. The van der Waals surface area contributed by atoms with Gasteiger partial charge in [-0.15, -0.1) is 0 Å². The Hall–Kier alpha value is -3.77. The van der Waals surface area contributed by atoms with Gasteiger partial charge in [0.1, 0.15) is 29.2 Å². The van der Waals surface area contributed by atoms with E-state index in [1.807, 2.05) is 6.07 Å². The Morgan fingerprint density at radius 2 is 2.07 bits per heavy atom. The summed E-state index contributed by atoms with van der Waals surface area (Å²) in [5, 5.41) is 24.0. The molecule has 9 nitrogen and oxygen atoms in total. The zero-order valence-electron chi connectivity index (χ0n) is 14.6. The number of hydrogen-bond donors (Lipinski definition) is 0. The van der Waals surface area contributed by atoms with Gasteiger partial charge in [0, 0.05) is 24.3 Å². The highest BCUT2D eigenvalue weighted by molar-refractivity contribution is 5.57. The number of ether oxygens (including phenoxy) is 2. The van der Waals surface area contributed by atoms with Gasteiger partial charge in [-0.1, -0.05) is 5.16 Å². The zero-order valence-corrected chi connectivity index (χ0v) is 14.6. The first-order valence-corrected chi connectivity index (χ1v) is 8.56. The molecule has 0 radical (unpaired) electrons. The van der Waals surface area contributed by atoms with Crippen molar-refractivity contribution in [1.29, 1.82) is 5.26 Å². The molecule has 1 fully saturated rings. The van der Waals surface area contributed by atoms with E-state index in [-0.39, 0.29) is 23.1 Å². The predicted molar refractivity (Wildman–Crippen MR) is 95.5 cm³/mol. The van der Waals surface area contributed by atoms with Crippen LogP contribution < -0.4 is 4.74 Å². The van der Waals surface area contributed by atoms with Crippen molar-refractivity contribution in [3.8, 4) is 29.0 Å². The van der Waals surface area contributed by atoms with Crippen LogP contribution in [0.2, 0.25) is 0 Å². The Bertz CT molecular complexity index is 1050. The quantitative estimate of drug-likeness (QED) is 0.479. The SMILES string of the molecule is N#Cc1cc([N+](=O)[O-])ccc1Oc1ccc(-c2noc(C3CCCO3)n2)cc1. The van der Waals surface area contributed by atoms with E-state index in [1.54, 1.807) is 24.3 Å². The Kier molecular flexibility index (Phi) is 4.70. The van der Waals surface area contributed by atoms with Crippen molar-refractivity contribution < 1.29 is 18.9 Å². The number of rotatable bonds is 5. The van der Waals surface area contributed by atoms with E-state index in [0.717, 1.165) is 18.4 Å². The second kappa shape index (κ2) is 7.46. The fourth-order valence-electron chi connectivity index (χ4n) is 2.86. The molecule has 4 rings (SSSR count). The van der Waals surface area contributed by atoms with Gasteiger partial charge >= 0.3 is 0 Å². The maximum atomic E-state index is 10.8. The average Bonchev–Trinajstić information content (AvgIpc) is 3.40. The van der Waals surface area contributed by atoms with Crippen LogP contribution in [-0.4, -0.2) is 21.7 Å². The lowest BCUT2D eigenvalue weighted by Gasteiger charge is -2.07. The van der Waals surface area contributed by atoms with Crippen LogP contribution >= 0.6 is 0 Å². The van der Waals surface area contributed by atoms with Crippen LogP contribution in [0.1, 0.15) is 30.4 Å². The van der Waals surface area contributed by atoms with Gasteiger partial charge in [0.2, 0.25) is 5.82 Å². The lowest BCUT2D eigenvalue weighted by atomic mass is 10.2. The highest BCUT2D eigenvalue weighted by Gasteiger charge is 2.24. The fourth-order valence-corrected chi connectivity index (χ4v) is 2.86. The Labute approximate surface area is 159 Å². The van der Waals surface area contributed by atoms with Crippen LogP contribution in [0.4, 0.5) is 5.69 Å². The summed E-state index contributed by atoms with van der Waals surface area (Å²) in [5.74, 6) is 1.63. The van der Waals surface area contributed by atoms with Crippen molar-refractivity contribution in [1.82, 2.24) is 10.1 Å². The van der Waals surface area contributed by atoms with E-state index in [0.29, 0.717) is 24.1 Å². The third-order valence-corrected chi connectivity index (χ3v) is 4.28. The monoisotopic (exact) mass is 378 g/mol. The number of aromatic nitrogens is 2. The molecule has 140 valence electrons. The molecule has 1 aromatic heterocycles. The van der Waals surface area contributed by atoms with Gasteiger partial charge in [-0.25, -0.2) is 0 Å². The topological polar surface area (TPSA) is 124 Å². The number of non-ortho nitro benzene ring substituents is 1. The molecule has 1 aliphatic rings. The van der Waals surface area contributed by atoms with Crippen molar-refractivity contribution in [3.05, 3.63) is 64.0 Å². The van der Waals surface area contributed by atoms with Crippen LogP contribution in [0.15, 0.2) is 47.0 Å². The molecule has 2 aromatic carbocycles. The Balaban J connectivity index is 1.51. The minimum Gasteiger partial charge on any atom is -0.456 e. The molecule has 1 atom stereocenters. The Morgan fingerprint density at radius 3 is 2.75 bits per heavy atom. The summed E-state index contributed by atoms with van der Waals surface area (Å²) in [6, 6.07) is 12.7. The molecular weight excluding hydrogens is 364 g/mol. The summed E-state index contributed by atoms with van der Waals surface area (Å²) < 4.78 is 16.5. The molecular formula is C19H14N4O5. The fraction of sp³-hybridized carbons (Fsp3) is 0.211. The summed E-state index contributed by atoms with van der Waals surface area (Å²) in [4.78, 5) is 14.6. The minimum absolute atomic E-state index is 0.0812. The molecule has 1 aliphatic heterocycles. The molecule has 1 unspecified atom stereocenters. The summed E-state index contributed by atoms with van der Waals surface area (Å²) in [6.07, 6.45) is 1.70. The first kappa shape index (κ1) is 17.6. The zero-order chi connectivity index (χ0) is 19.5. The molecule has 0 N–H and O–H groups in total. The van der Waals surface area contributed by atoms with E-state index in [4.69, 9.17) is 14.0 Å². The van der Waals surface area contributed by atoms with Gasteiger partial charge in [0.25, 0.3) is 11.6 Å². The van der Waals surface area contributed by atoms with Crippen LogP contribution in [0, 0.1) is 21.4 Å². The van der Waals surface area contributed by atoms with Gasteiger partial charge in [0.15, 0.2) is 0 Å². The summed E-state index contributed by atoms with van der Waals surface area (Å²) in [6.45, 7) is 0.696. The van der Waals surface area contributed by atoms with Gasteiger partial charge in [-0.2, -0.15) is 10.2 Å². The van der Waals surface area contributed by atoms with Crippen molar-refractivity contribution in [2.75, 3.05) is 6.61 Å². The van der Waals surface area contributed by atoms with Crippen LogP contribution in [-0.2, 0) is 4.74 Å². The normalized spacial score (nSPS) is 15.9. The van der Waals surface area contributed by atoms with Crippen molar-refractivity contribution in [3.63, 3.8) is 0 Å². The average molecular weight is 378 g/mol. The number of nitro groups is 1. The van der Waals surface area contributed by atoms with E-state index in [9.17, 15) is 15.4 Å². The molecule has 3 aromatic rings. The van der Waals surface area contributed by atoms with Crippen LogP contribution in [0.25, 0.3) is 11.4 Å². The third-order valence-electron chi connectivity index (χ3n) is 4.28. The summed E-state index contributed by atoms with van der Waals surface area (Å²) >= 11 is 0. The lowest BCUT2D eigenvalue weighted by Crippen LogP contribution is -1.95. The van der Waals surface area contributed by atoms with E-state index >= 15 is 0 Å². The largest absolute Gasteiger partial charge is 0.456 e. The molecule has 0 amide bonds. The van der Waals surface area contributed by atoms with E-state index in [2.05, 4.69) is 10.1 Å². The van der Waals surface area contributed by atoms with Crippen molar-refractivity contribution in [2.24, 2.45) is 0 Å². The number of nitro benzene ring substituents is 1. The minimum atomic E-state index is -0.560. The first-order valence-electron chi connectivity index (χ1n) is 8.56. The second-order valence-corrected chi connectivity index (χ2v) is 6.13. The predicted octanol–water partition coefficient (Wildman–Crippen LogP) is 4.16. The number of nitriles is 1. The first-order chi connectivity index (χ1) is 13.6. The number of benzene rings is 2. The van der Waals surface area contributed by atoms with Crippen molar-refractivity contribution >= 4 is 5.69 Å². The second-order valence-electron chi connectivity index (χ2n) is 6.13. The third kappa shape index (κ3) is 3.54. The van der Waals surface area contributed by atoms with Crippen molar-refractivity contribution in [2.45, 2.75) is 18.9 Å². The molecule has 1 saturated heterocycles. The standard InChI is InChI=1S/C19H14N4O5/c20-11-13-10-14(23(24)25)5-8-16(13)27-15-6-3-12(4-7-15)18-21-19(28-22-18)17-2-1-9-26-17/h3-8,10,17H,1-2,9H2. The number of hydrogen-bond acceptors (Lipinski definition) is 8. The van der Waals surface area contributed by atoms with Gasteiger partial charge in [-0.3, -0.25) is 10.1 Å². The lowest BCUT2D eigenvalue weighted by molar-refractivity contribution is -0.384. The molecule has 0 aliphatic carbocycles. The molecule has 0 saturated carbocycles. The van der Waals surface area contributed by atoms with Gasteiger partial charge in [-0.05, 0) is 43.2 Å². The maximum Gasteiger partial charge on any atom is 0.271 e. The van der Waals surface area contributed by atoms with Gasteiger partial charge in [0.05, 0.1) is 4.92 Å². The Morgan fingerprint density at radius 1 is 1.25 bits per heavy atom. The molecule has 2 heterocycles.